The SMILES string of the molecule is COC(=O)c1sc(NC(=O)/C=C/c2cccc(F)c2)nc1C. The number of hydrogen-bond acceptors (Lipinski definition) is 5. The molecular formula is C15H13FN2O3S. The monoisotopic (exact) mass is 320 g/mol. The largest absolute Gasteiger partial charge is 0.465 e. The van der Waals surface area contributed by atoms with E-state index in [2.05, 4.69) is 15.0 Å². The molecule has 0 aliphatic heterocycles. The van der Waals surface area contributed by atoms with Crippen molar-refractivity contribution in [2.45, 2.75) is 6.92 Å². The van der Waals surface area contributed by atoms with E-state index in [-0.39, 0.29) is 5.82 Å². The van der Waals surface area contributed by atoms with Gasteiger partial charge in [-0.2, -0.15) is 0 Å². The minimum Gasteiger partial charge on any atom is -0.465 e. The standard InChI is InChI=1S/C15H13FN2O3S/c1-9-13(14(20)21-2)22-15(17-9)18-12(19)7-6-10-4-3-5-11(16)8-10/h3-8H,1-2H3,(H,17,18,19)/b7-6+. The third kappa shape index (κ3) is 3.98. The predicted molar refractivity (Wildman–Crippen MR) is 82.3 cm³/mol. The molecule has 0 aliphatic rings. The van der Waals surface area contributed by atoms with Gasteiger partial charge in [0.2, 0.25) is 5.91 Å². The summed E-state index contributed by atoms with van der Waals surface area (Å²) >= 11 is 1.03. The van der Waals surface area contributed by atoms with E-state index in [0.717, 1.165) is 11.3 Å². The molecule has 0 spiro atoms. The Morgan fingerprint density at radius 3 is 2.86 bits per heavy atom. The highest BCUT2D eigenvalue weighted by Crippen LogP contribution is 2.23. The molecule has 1 aromatic carbocycles. The number of rotatable bonds is 4. The van der Waals surface area contributed by atoms with Crippen LogP contribution in [0.2, 0.25) is 0 Å². The van der Waals surface area contributed by atoms with Gasteiger partial charge in [0.05, 0.1) is 12.8 Å². The van der Waals surface area contributed by atoms with Crippen LogP contribution in [0.1, 0.15) is 20.9 Å². The maximum absolute atomic E-state index is 13.0. The Kier molecular flexibility index (Phi) is 5.00. The highest BCUT2D eigenvalue weighted by atomic mass is 32.1. The first kappa shape index (κ1) is 15.8. The molecule has 2 aromatic rings. The molecule has 1 aromatic heterocycles. The molecule has 0 bridgehead atoms. The van der Waals surface area contributed by atoms with Gasteiger partial charge in [0.1, 0.15) is 10.7 Å². The zero-order valence-electron chi connectivity index (χ0n) is 11.9. The number of nitrogens with one attached hydrogen (secondary N) is 1. The summed E-state index contributed by atoms with van der Waals surface area (Å²) in [7, 11) is 1.28. The number of halogens is 1. The zero-order chi connectivity index (χ0) is 16.1. The molecule has 0 aliphatic carbocycles. The summed E-state index contributed by atoms with van der Waals surface area (Å²) in [5.74, 6) is -1.29. The van der Waals surface area contributed by atoms with E-state index in [9.17, 15) is 14.0 Å². The van der Waals surface area contributed by atoms with E-state index < -0.39 is 11.9 Å². The molecule has 0 unspecified atom stereocenters. The Morgan fingerprint density at radius 2 is 2.18 bits per heavy atom. The van der Waals surface area contributed by atoms with Crippen LogP contribution in [0.4, 0.5) is 9.52 Å². The van der Waals surface area contributed by atoms with E-state index in [1.807, 2.05) is 0 Å². The number of hydrogen-bond donors (Lipinski definition) is 1. The smallest absolute Gasteiger partial charge is 0.350 e. The van der Waals surface area contributed by atoms with Crippen molar-refractivity contribution < 1.29 is 18.7 Å². The number of aromatic nitrogens is 1. The number of benzene rings is 1. The maximum atomic E-state index is 13.0. The first-order chi connectivity index (χ1) is 10.5. The Morgan fingerprint density at radius 1 is 1.41 bits per heavy atom. The normalized spacial score (nSPS) is 10.7. The molecule has 5 nitrogen and oxygen atoms in total. The topological polar surface area (TPSA) is 68.3 Å². The van der Waals surface area contributed by atoms with Crippen LogP contribution < -0.4 is 5.32 Å². The van der Waals surface area contributed by atoms with Gasteiger partial charge in [-0.3, -0.25) is 10.1 Å². The second-order valence-electron chi connectivity index (χ2n) is 4.30. The highest BCUT2D eigenvalue weighted by molar-refractivity contribution is 7.17. The second kappa shape index (κ2) is 6.95. The minimum absolute atomic E-state index is 0.298. The number of ether oxygens (including phenoxy) is 1. The summed E-state index contributed by atoms with van der Waals surface area (Å²) in [6.45, 7) is 1.65. The molecular weight excluding hydrogens is 307 g/mol. The lowest BCUT2D eigenvalue weighted by molar-refractivity contribution is -0.111. The molecule has 7 heteroatoms. The van der Waals surface area contributed by atoms with Crippen molar-refractivity contribution in [3.63, 3.8) is 0 Å². The van der Waals surface area contributed by atoms with Crippen LogP contribution in [0, 0.1) is 12.7 Å². The van der Waals surface area contributed by atoms with Gasteiger partial charge < -0.3 is 4.74 Å². The minimum atomic E-state index is -0.495. The van der Waals surface area contributed by atoms with Crippen LogP contribution in [0.3, 0.4) is 0 Å². The summed E-state index contributed by atoms with van der Waals surface area (Å²) in [5.41, 5.74) is 1.06. The summed E-state index contributed by atoms with van der Waals surface area (Å²) in [6, 6.07) is 5.87. The molecule has 2 rings (SSSR count). The van der Waals surface area contributed by atoms with Crippen molar-refractivity contribution in [1.29, 1.82) is 0 Å². The maximum Gasteiger partial charge on any atom is 0.350 e. The van der Waals surface area contributed by atoms with Gasteiger partial charge in [-0.05, 0) is 30.7 Å². The van der Waals surface area contributed by atoms with Crippen molar-refractivity contribution in [3.8, 4) is 0 Å². The lowest BCUT2D eigenvalue weighted by Gasteiger charge is -1.96. The van der Waals surface area contributed by atoms with Crippen molar-refractivity contribution in [2.75, 3.05) is 12.4 Å². The van der Waals surface area contributed by atoms with Gasteiger partial charge in [-0.15, -0.1) is 0 Å². The van der Waals surface area contributed by atoms with E-state index in [0.29, 0.717) is 21.3 Å². The lowest BCUT2D eigenvalue weighted by Crippen LogP contribution is -2.07. The number of carbonyl (C=O) groups excluding carboxylic acids is 2. The van der Waals surface area contributed by atoms with E-state index in [4.69, 9.17) is 0 Å². The lowest BCUT2D eigenvalue weighted by atomic mass is 10.2. The quantitative estimate of drug-likeness (QED) is 0.694. The average Bonchev–Trinajstić information content (AvgIpc) is 2.85. The fraction of sp³-hybridized carbons (Fsp3) is 0.133. The number of thiazole rings is 1. The fourth-order valence-corrected chi connectivity index (χ4v) is 2.55. The molecule has 114 valence electrons. The Labute approximate surface area is 130 Å². The number of esters is 1. The van der Waals surface area contributed by atoms with Crippen LogP contribution in [-0.4, -0.2) is 24.0 Å². The van der Waals surface area contributed by atoms with E-state index in [1.165, 1.54) is 31.4 Å². The van der Waals surface area contributed by atoms with Crippen molar-refractivity contribution in [1.82, 2.24) is 4.98 Å². The molecule has 0 fully saturated rings. The number of nitrogens with zero attached hydrogens (tertiary/aromatic N) is 1. The van der Waals surface area contributed by atoms with Crippen molar-refractivity contribution >= 4 is 34.4 Å². The van der Waals surface area contributed by atoms with Gasteiger partial charge in [0.15, 0.2) is 5.13 Å². The predicted octanol–water partition coefficient (Wildman–Crippen LogP) is 3.03. The van der Waals surface area contributed by atoms with Gasteiger partial charge >= 0.3 is 5.97 Å². The van der Waals surface area contributed by atoms with Gasteiger partial charge in [0.25, 0.3) is 0 Å². The Balaban J connectivity index is 2.05. The third-order valence-electron chi connectivity index (χ3n) is 2.67. The molecule has 0 saturated heterocycles. The summed E-state index contributed by atoms with van der Waals surface area (Å²) in [5, 5.41) is 2.85. The first-order valence-corrected chi connectivity index (χ1v) is 7.11. The van der Waals surface area contributed by atoms with Crippen LogP contribution in [0.5, 0.6) is 0 Å². The number of aryl methyl sites for hydroxylation is 1. The summed E-state index contributed by atoms with van der Waals surface area (Å²) < 4.78 is 17.6. The molecule has 0 atom stereocenters. The van der Waals surface area contributed by atoms with Gasteiger partial charge in [-0.25, -0.2) is 14.2 Å². The number of anilines is 1. The van der Waals surface area contributed by atoms with E-state index >= 15 is 0 Å². The molecule has 1 N–H and O–H groups in total. The molecule has 0 saturated carbocycles. The second-order valence-corrected chi connectivity index (χ2v) is 5.30. The number of carbonyl (C=O) groups is 2. The molecule has 22 heavy (non-hydrogen) atoms. The van der Waals surface area contributed by atoms with Crippen LogP contribution >= 0.6 is 11.3 Å². The third-order valence-corrected chi connectivity index (χ3v) is 3.73. The van der Waals surface area contributed by atoms with Crippen molar-refractivity contribution in [2.24, 2.45) is 0 Å². The van der Waals surface area contributed by atoms with Gasteiger partial charge in [0, 0.05) is 6.08 Å². The van der Waals surface area contributed by atoms with Crippen LogP contribution in [0.15, 0.2) is 30.3 Å². The average molecular weight is 320 g/mol. The van der Waals surface area contributed by atoms with Crippen LogP contribution in [0.25, 0.3) is 6.08 Å². The number of methoxy groups -OCH3 is 1. The van der Waals surface area contributed by atoms with E-state index in [1.54, 1.807) is 19.1 Å². The van der Waals surface area contributed by atoms with Gasteiger partial charge in [-0.1, -0.05) is 23.5 Å². The zero-order valence-corrected chi connectivity index (χ0v) is 12.7. The summed E-state index contributed by atoms with van der Waals surface area (Å²) in [4.78, 5) is 27.7. The van der Waals surface area contributed by atoms with Crippen molar-refractivity contribution in [3.05, 3.63) is 52.3 Å². The highest BCUT2D eigenvalue weighted by Gasteiger charge is 2.16. The Bertz CT molecular complexity index is 740. The van der Waals surface area contributed by atoms with Crippen LogP contribution in [-0.2, 0) is 9.53 Å². The Hall–Kier alpha value is -2.54. The number of amides is 1. The molecule has 1 heterocycles. The summed E-state index contributed by atoms with van der Waals surface area (Å²) in [6.07, 6.45) is 2.75. The fourth-order valence-electron chi connectivity index (χ4n) is 1.66. The molecule has 0 radical (unpaired) electrons. The molecule has 1 amide bonds. The first-order valence-electron chi connectivity index (χ1n) is 6.30.